The van der Waals surface area contributed by atoms with E-state index in [2.05, 4.69) is 36.7 Å². The van der Waals surface area contributed by atoms with Gasteiger partial charge >= 0.3 is 0 Å². The van der Waals surface area contributed by atoms with Gasteiger partial charge in [-0.1, -0.05) is 15.9 Å². The minimum Gasteiger partial charge on any atom is -0.496 e. The average molecular weight is 325 g/mol. The van der Waals surface area contributed by atoms with Crippen LogP contribution in [0.5, 0.6) is 5.75 Å². The number of ether oxygens (including phenoxy) is 1. The molecule has 0 unspecified atom stereocenters. The van der Waals surface area contributed by atoms with Crippen LogP contribution >= 0.6 is 15.9 Å². The van der Waals surface area contributed by atoms with Crippen molar-refractivity contribution >= 4 is 28.1 Å². The van der Waals surface area contributed by atoms with Gasteiger partial charge < -0.3 is 10.6 Å². The lowest BCUT2D eigenvalue weighted by molar-refractivity contribution is 0.414. The van der Waals surface area contributed by atoms with Crippen molar-refractivity contribution in [2.45, 2.75) is 6.92 Å². The highest BCUT2D eigenvalue weighted by Crippen LogP contribution is 2.21. The van der Waals surface area contributed by atoms with Crippen molar-refractivity contribution in [2.24, 2.45) is 5.10 Å². The van der Waals surface area contributed by atoms with Crippen LogP contribution in [0.15, 0.2) is 27.8 Å². The van der Waals surface area contributed by atoms with E-state index in [1.54, 1.807) is 20.2 Å². The first-order valence-corrected chi connectivity index (χ1v) is 6.21. The Hall–Kier alpha value is -2.09. The summed E-state index contributed by atoms with van der Waals surface area (Å²) in [5, 5.41) is 11.7. The molecule has 0 saturated heterocycles. The molecule has 0 aliphatic rings. The third-order valence-electron chi connectivity index (χ3n) is 2.43. The van der Waals surface area contributed by atoms with Gasteiger partial charge in [0.15, 0.2) is 5.82 Å². The summed E-state index contributed by atoms with van der Waals surface area (Å²) < 4.78 is 7.49. The maximum atomic E-state index is 5.69. The van der Waals surface area contributed by atoms with Crippen LogP contribution in [0.25, 0.3) is 0 Å². The Balaban J connectivity index is 2.15. The van der Waals surface area contributed by atoms with Crippen molar-refractivity contribution in [3.63, 3.8) is 0 Å². The fraction of sp³-hybridized carbons (Fsp3) is 0.182. The summed E-state index contributed by atoms with van der Waals surface area (Å²) in [4.78, 5) is 0. The van der Waals surface area contributed by atoms with Crippen LogP contribution in [-0.2, 0) is 0 Å². The van der Waals surface area contributed by atoms with E-state index >= 15 is 0 Å². The molecule has 0 aliphatic carbocycles. The zero-order valence-corrected chi connectivity index (χ0v) is 12.0. The second-order valence-corrected chi connectivity index (χ2v) is 4.61. The lowest BCUT2D eigenvalue weighted by Crippen LogP contribution is -2.13. The molecule has 0 spiro atoms. The molecule has 1 heterocycles. The van der Waals surface area contributed by atoms with Gasteiger partial charge in [0.1, 0.15) is 5.75 Å². The molecule has 0 radical (unpaired) electrons. The molecule has 0 amide bonds. The fourth-order valence-corrected chi connectivity index (χ4v) is 1.79. The minimum absolute atomic E-state index is 0.364. The van der Waals surface area contributed by atoms with Crippen LogP contribution < -0.4 is 16.0 Å². The monoisotopic (exact) mass is 324 g/mol. The number of nitrogens with zero attached hydrogens (tertiary/aromatic N) is 4. The standard InChI is InChI=1S/C11H13BrN6O/c1-7-15-17-11(18(7)13)16-14-6-8-5-9(12)3-4-10(8)19-2/h3-6H,13H2,1-2H3,(H,16,17)/b14-6-. The molecular formula is C11H13BrN6O. The first-order valence-electron chi connectivity index (χ1n) is 5.41. The molecule has 0 aliphatic heterocycles. The van der Waals surface area contributed by atoms with E-state index < -0.39 is 0 Å². The second-order valence-electron chi connectivity index (χ2n) is 3.70. The van der Waals surface area contributed by atoms with Gasteiger partial charge in [-0.15, -0.1) is 10.2 Å². The Morgan fingerprint density at radius 2 is 2.26 bits per heavy atom. The number of nitrogen functional groups attached to an aromatic ring is 1. The number of aryl methyl sites for hydroxylation is 1. The van der Waals surface area contributed by atoms with Gasteiger partial charge in [-0.2, -0.15) is 5.10 Å². The van der Waals surface area contributed by atoms with Crippen LogP contribution in [0.4, 0.5) is 5.95 Å². The number of aromatic nitrogens is 3. The normalized spacial score (nSPS) is 10.9. The van der Waals surface area contributed by atoms with E-state index in [1.807, 2.05) is 18.2 Å². The average Bonchev–Trinajstić information content (AvgIpc) is 2.71. The van der Waals surface area contributed by atoms with E-state index in [-0.39, 0.29) is 0 Å². The summed E-state index contributed by atoms with van der Waals surface area (Å²) in [6, 6.07) is 5.63. The number of rotatable bonds is 4. The van der Waals surface area contributed by atoms with E-state index in [0.29, 0.717) is 11.8 Å². The highest BCUT2D eigenvalue weighted by molar-refractivity contribution is 9.10. The summed E-state index contributed by atoms with van der Waals surface area (Å²) in [5.74, 6) is 7.37. The number of halogens is 1. The highest BCUT2D eigenvalue weighted by atomic mass is 79.9. The molecule has 2 rings (SSSR count). The van der Waals surface area contributed by atoms with E-state index in [1.165, 1.54) is 4.68 Å². The highest BCUT2D eigenvalue weighted by Gasteiger charge is 2.04. The smallest absolute Gasteiger partial charge is 0.263 e. The number of benzene rings is 1. The van der Waals surface area contributed by atoms with Crippen molar-refractivity contribution in [1.29, 1.82) is 0 Å². The Kier molecular flexibility index (Phi) is 4.00. The van der Waals surface area contributed by atoms with Gasteiger partial charge in [0.25, 0.3) is 5.95 Å². The topological polar surface area (TPSA) is 90.3 Å². The third kappa shape index (κ3) is 3.02. The summed E-state index contributed by atoms with van der Waals surface area (Å²) in [6.45, 7) is 1.75. The Morgan fingerprint density at radius 1 is 1.47 bits per heavy atom. The summed E-state index contributed by atoms with van der Waals surface area (Å²) in [7, 11) is 1.61. The molecule has 1 aromatic heterocycles. The number of methoxy groups -OCH3 is 1. The molecule has 3 N–H and O–H groups in total. The third-order valence-corrected chi connectivity index (χ3v) is 2.92. The van der Waals surface area contributed by atoms with E-state index in [9.17, 15) is 0 Å². The van der Waals surface area contributed by atoms with Crippen molar-refractivity contribution in [2.75, 3.05) is 18.4 Å². The maximum absolute atomic E-state index is 5.69. The maximum Gasteiger partial charge on any atom is 0.263 e. The van der Waals surface area contributed by atoms with Crippen LogP contribution in [0.3, 0.4) is 0 Å². The van der Waals surface area contributed by atoms with Crippen LogP contribution in [0.2, 0.25) is 0 Å². The molecule has 0 bridgehead atoms. The molecule has 1 aromatic carbocycles. The number of hydrogen-bond acceptors (Lipinski definition) is 6. The second kappa shape index (κ2) is 5.70. The molecule has 100 valence electrons. The number of nitrogens with one attached hydrogen (secondary N) is 1. The minimum atomic E-state index is 0.364. The number of hydrogen-bond donors (Lipinski definition) is 2. The van der Waals surface area contributed by atoms with Gasteiger partial charge in [-0.3, -0.25) is 0 Å². The zero-order chi connectivity index (χ0) is 13.8. The quantitative estimate of drug-likeness (QED) is 0.505. The number of hydrazone groups is 1. The predicted molar refractivity (Wildman–Crippen MR) is 76.8 cm³/mol. The Labute approximate surface area is 118 Å². The molecule has 19 heavy (non-hydrogen) atoms. The predicted octanol–water partition coefficient (Wildman–Crippen LogP) is 1.52. The van der Waals surface area contributed by atoms with Crippen molar-refractivity contribution < 1.29 is 4.74 Å². The molecule has 7 nitrogen and oxygen atoms in total. The molecule has 2 aromatic rings. The fourth-order valence-electron chi connectivity index (χ4n) is 1.41. The Bertz CT molecular complexity index is 609. The van der Waals surface area contributed by atoms with Gasteiger partial charge in [0.05, 0.1) is 13.3 Å². The van der Waals surface area contributed by atoms with Crippen LogP contribution in [0.1, 0.15) is 11.4 Å². The molecule has 0 fully saturated rings. The van der Waals surface area contributed by atoms with Crippen molar-refractivity contribution in [1.82, 2.24) is 14.9 Å². The van der Waals surface area contributed by atoms with Gasteiger partial charge in [-0.25, -0.2) is 10.1 Å². The molecule has 8 heteroatoms. The lowest BCUT2D eigenvalue weighted by atomic mass is 10.2. The van der Waals surface area contributed by atoms with Gasteiger partial charge in [-0.05, 0) is 25.1 Å². The SMILES string of the molecule is COc1ccc(Br)cc1/C=N\Nc1nnc(C)n1N. The zero-order valence-electron chi connectivity index (χ0n) is 10.5. The summed E-state index contributed by atoms with van der Waals surface area (Å²) in [6.07, 6.45) is 1.62. The van der Waals surface area contributed by atoms with Gasteiger partial charge in [0, 0.05) is 10.0 Å². The Morgan fingerprint density at radius 3 is 2.89 bits per heavy atom. The molecular weight excluding hydrogens is 312 g/mol. The summed E-state index contributed by atoms with van der Waals surface area (Å²) in [5.41, 5.74) is 3.54. The molecule has 0 saturated carbocycles. The first-order chi connectivity index (χ1) is 9.11. The number of anilines is 1. The van der Waals surface area contributed by atoms with Crippen molar-refractivity contribution in [3.05, 3.63) is 34.1 Å². The van der Waals surface area contributed by atoms with Crippen LogP contribution in [0, 0.1) is 6.92 Å². The van der Waals surface area contributed by atoms with E-state index in [4.69, 9.17) is 10.6 Å². The molecule has 0 atom stereocenters. The largest absolute Gasteiger partial charge is 0.496 e. The summed E-state index contributed by atoms with van der Waals surface area (Å²) >= 11 is 3.39. The van der Waals surface area contributed by atoms with Gasteiger partial charge in [0.2, 0.25) is 0 Å². The lowest BCUT2D eigenvalue weighted by Gasteiger charge is -2.04. The number of nitrogens with two attached hydrogens (primary N) is 1. The van der Waals surface area contributed by atoms with E-state index in [0.717, 1.165) is 15.8 Å². The first kappa shape index (κ1) is 13.3. The van der Waals surface area contributed by atoms with Crippen LogP contribution in [-0.4, -0.2) is 28.2 Å². The van der Waals surface area contributed by atoms with Crippen molar-refractivity contribution in [3.8, 4) is 5.75 Å².